The van der Waals surface area contributed by atoms with Crippen LogP contribution in [0.5, 0.6) is 0 Å². The molecule has 0 aromatic carbocycles. The molecule has 1 aliphatic carbocycles. The molecule has 1 aromatic heterocycles. The highest BCUT2D eigenvalue weighted by Gasteiger charge is 2.44. The summed E-state index contributed by atoms with van der Waals surface area (Å²) in [4.78, 5) is 4.28. The molecular weight excluding hydrogens is 184 g/mol. The lowest BCUT2D eigenvalue weighted by Gasteiger charge is -2.06. The van der Waals surface area contributed by atoms with Crippen molar-refractivity contribution in [1.82, 2.24) is 10.3 Å². The third-order valence-corrected chi connectivity index (χ3v) is 3.41. The lowest BCUT2D eigenvalue weighted by atomic mass is 10.1. The van der Waals surface area contributed by atoms with Gasteiger partial charge in [0.25, 0.3) is 0 Å². The van der Waals surface area contributed by atoms with Crippen molar-refractivity contribution < 1.29 is 0 Å². The Hall–Kier alpha value is -0.890. The molecular formula is C13H20N2. The van der Waals surface area contributed by atoms with Gasteiger partial charge in [0.15, 0.2) is 0 Å². The largest absolute Gasteiger partial charge is 0.312 e. The number of nitrogens with one attached hydrogen (secondary N) is 1. The standard InChI is InChI=1S/C13H20N2/c1-10-4-5-11(8-15-10)7-14-9-12-6-13(12,2)3/h4-5,8,12,14H,6-7,9H2,1-3H3. The van der Waals surface area contributed by atoms with Gasteiger partial charge in [-0.2, -0.15) is 0 Å². The fraction of sp³-hybridized carbons (Fsp3) is 0.615. The first-order valence-electron chi connectivity index (χ1n) is 5.70. The maximum Gasteiger partial charge on any atom is 0.0372 e. The quantitative estimate of drug-likeness (QED) is 0.815. The second kappa shape index (κ2) is 3.93. The van der Waals surface area contributed by atoms with Crippen molar-refractivity contribution in [3.8, 4) is 0 Å². The van der Waals surface area contributed by atoms with Gasteiger partial charge in [0.1, 0.15) is 0 Å². The predicted molar refractivity (Wildman–Crippen MR) is 62.6 cm³/mol. The van der Waals surface area contributed by atoms with E-state index < -0.39 is 0 Å². The van der Waals surface area contributed by atoms with Crippen LogP contribution in [-0.2, 0) is 6.54 Å². The Labute approximate surface area is 92.1 Å². The van der Waals surface area contributed by atoms with Gasteiger partial charge in [-0.05, 0) is 42.9 Å². The Morgan fingerprint density at radius 2 is 2.20 bits per heavy atom. The van der Waals surface area contributed by atoms with E-state index in [9.17, 15) is 0 Å². The van der Waals surface area contributed by atoms with Crippen molar-refractivity contribution in [2.75, 3.05) is 6.54 Å². The molecule has 0 spiro atoms. The Morgan fingerprint density at radius 1 is 1.47 bits per heavy atom. The van der Waals surface area contributed by atoms with Gasteiger partial charge < -0.3 is 5.32 Å². The average Bonchev–Trinajstić information content (AvgIpc) is 2.78. The van der Waals surface area contributed by atoms with Crippen LogP contribution < -0.4 is 5.32 Å². The van der Waals surface area contributed by atoms with Gasteiger partial charge in [-0.1, -0.05) is 19.9 Å². The maximum absolute atomic E-state index is 4.28. The second-order valence-corrected chi connectivity index (χ2v) is 5.33. The lowest BCUT2D eigenvalue weighted by molar-refractivity contribution is 0.519. The van der Waals surface area contributed by atoms with E-state index in [1.54, 1.807) is 0 Å². The molecule has 1 saturated carbocycles. The normalized spacial score (nSPS) is 22.7. The molecule has 2 rings (SSSR count). The highest BCUT2D eigenvalue weighted by Crippen LogP contribution is 2.50. The summed E-state index contributed by atoms with van der Waals surface area (Å²) in [6.45, 7) is 8.78. The highest BCUT2D eigenvalue weighted by atomic mass is 14.9. The summed E-state index contributed by atoms with van der Waals surface area (Å²) in [5, 5.41) is 3.50. The van der Waals surface area contributed by atoms with Crippen LogP contribution in [0.2, 0.25) is 0 Å². The molecule has 0 radical (unpaired) electrons. The SMILES string of the molecule is Cc1ccc(CNCC2CC2(C)C)cn1. The van der Waals surface area contributed by atoms with Crippen LogP contribution in [0.15, 0.2) is 18.3 Å². The van der Waals surface area contributed by atoms with E-state index in [-0.39, 0.29) is 0 Å². The Bertz CT molecular complexity index is 327. The van der Waals surface area contributed by atoms with Crippen molar-refractivity contribution in [3.63, 3.8) is 0 Å². The van der Waals surface area contributed by atoms with Crippen molar-refractivity contribution in [2.45, 2.75) is 33.7 Å². The molecule has 1 aromatic rings. The van der Waals surface area contributed by atoms with E-state index in [4.69, 9.17) is 0 Å². The zero-order chi connectivity index (χ0) is 10.9. The van der Waals surface area contributed by atoms with Crippen molar-refractivity contribution in [1.29, 1.82) is 0 Å². The topological polar surface area (TPSA) is 24.9 Å². The van der Waals surface area contributed by atoms with E-state index in [1.165, 1.54) is 12.0 Å². The number of hydrogen-bond donors (Lipinski definition) is 1. The van der Waals surface area contributed by atoms with E-state index >= 15 is 0 Å². The molecule has 82 valence electrons. The van der Waals surface area contributed by atoms with Crippen LogP contribution in [0.4, 0.5) is 0 Å². The molecule has 0 bridgehead atoms. The van der Waals surface area contributed by atoms with Gasteiger partial charge in [0, 0.05) is 18.4 Å². The summed E-state index contributed by atoms with van der Waals surface area (Å²) in [6, 6.07) is 4.21. The van der Waals surface area contributed by atoms with E-state index in [2.05, 4.69) is 36.3 Å². The first-order chi connectivity index (χ1) is 7.08. The molecule has 2 nitrogen and oxygen atoms in total. The zero-order valence-electron chi connectivity index (χ0n) is 9.88. The minimum Gasteiger partial charge on any atom is -0.312 e. The van der Waals surface area contributed by atoms with Crippen LogP contribution in [0.3, 0.4) is 0 Å². The van der Waals surface area contributed by atoms with Gasteiger partial charge in [0.2, 0.25) is 0 Å². The van der Waals surface area contributed by atoms with E-state index in [0.29, 0.717) is 5.41 Å². The minimum absolute atomic E-state index is 0.582. The average molecular weight is 204 g/mol. The summed E-state index contributed by atoms with van der Waals surface area (Å²) in [5.74, 6) is 0.871. The Kier molecular flexibility index (Phi) is 2.79. The fourth-order valence-electron chi connectivity index (χ4n) is 1.92. The molecule has 2 heteroatoms. The molecule has 1 N–H and O–H groups in total. The maximum atomic E-state index is 4.28. The van der Waals surface area contributed by atoms with Crippen molar-refractivity contribution in [3.05, 3.63) is 29.6 Å². The summed E-state index contributed by atoms with van der Waals surface area (Å²) in [5.41, 5.74) is 2.94. The van der Waals surface area contributed by atoms with Crippen LogP contribution in [0, 0.1) is 18.3 Å². The van der Waals surface area contributed by atoms with Gasteiger partial charge in [-0.3, -0.25) is 4.98 Å². The summed E-state index contributed by atoms with van der Waals surface area (Å²) in [7, 11) is 0. The minimum atomic E-state index is 0.582. The summed E-state index contributed by atoms with van der Waals surface area (Å²) < 4.78 is 0. The monoisotopic (exact) mass is 204 g/mol. The molecule has 1 aliphatic rings. The van der Waals surface area contributed by atoms with Gasteiger partial charge in [-0.15, -0.1) is 0 Å². The van der Waals surface area contributed by atoms with Crippen LogP contribution in [0.25, 0.3) is 0 Å². The van der Waals surface area contributed by atoms with Crippen LogP contribution in [0.1, 0.15) is 31.5 Å². The van der Waals surface area contributed by atoms with E-state index in [1.807, 2.05) is 13.1 Å². The Morgan fingerprint density at radius 3 is 2.73 bits per heavy atom. The van der Waals surface area contributed by atoms with Gasteiger partial charge >= 0.3 is 0 Å². The predicted octanol–water partition coefficient (Wildman–Crippen LogP) is 2.53. The van der Waals surface area contributed by atoms with Gasteiger partial charge in [0.05, 0.1) is 0 Å². The Balaban J connectivity index is 1.72. The lowest BCUT2D eigenvalue weighted by Crippen LogP contribution is -2.18. The molecule has 1 unspecified atom stereocenters. The van der Waals surface area contributed by atoms with Crippen LogP contribution >= 0.6 is 0 Å². The van der Waals surface area contributed by atoms with Crippen molar-refractivity contribution in [2.24, 2.45) is 11.3 Å². The molecule has 1 fully saturated rings. The van der Waals surface area contributed by atoms with Crippen LogP contribution in [-0.4, -0.2) is 11.5 Å². The second-order valence-electron chi connectivity index (χ2n) is 5.33. The first-order valence-corrected chi connectivity index (χ1v) is 5.70. The number of aryl methyl sites for hydroxylation is 1. The molecule has 15 heavy (non-hydrogen) atoms. The van der Waals surface area contributed by atoms with Crippen molar-refractivity contribution >= 4 is 0 Å². The first kappa shape index (κ1) is 10.6. The van der Waals surface area contributed by atoms with Gasteiger partial charge in [-0.25, -0.2) is 0 Å². The highest BCUT2D eigenvalue weighted by molar-refractivity contribution is 5.12. The number of nitrogens with zero attached hydrogens (tertiary/aromatic N) is 1. The number of aromatic nitrogens is 1. The number of rotatable bonds is 4. The zero-order valence-corrected chi connectivity index (χ0v) is 9.88. The molecule has 0 saturated heterocycles. The molecule has 1 heterocycles. The number of hydrogen-bond acceptors (Lipinski definition) is 2. The fourth-order valence-corrected chi connectivity index (χ4v) is 1.92. The summed E-state index contributed by atoms with van der Waals surface area (Å²) >= 11 is 0. The smallest absolute Gasteiger partial charge is 0.0372 e. The molecule has 1 atom stereocenters. The summed E-state index contributed by atoms with van der Waals surface area (Å²) in [6.07, 6.45) is 3.33. The third-order valence-electron chi connectivity index (χ3n) is 3.41. The van der Waals surface area contributed by atoms with E-state index in [0.717, 1.165) is 24.7 Å². The number of pyridine rings is 1. The molecule has 0 aliphatic heterocycles. The molecule has 0 amide bonds. The third kappa shape index (κ3) is 2.78.